The Morgan fingerprint density at radius 2 is 1.88 bits per heavy atom. The van der Waals surface area contributed by atoms with Gasteiger partial charge in [0.1, 0.15) is 29.7 Å². The van der Waals surface area contributed by atoms with Gasteiger partial charge in [0.2, 0.25) is 0 Å². The topological polar surface area (TPSA) is 78.5 Å². The molecule has 0 spiro atoms. The summed E-state index contributed by atoms with van der Waals surface area (Å²) in [4.78, 5) is 12.5. The number of hydrogen-bond donors (Lipinski definition) is 1. The molecule has 0 saturated heterocycles. The number of nitrogens with zero attached hydrogens (tertiary/aromatic N) is 2. The second-order valence-corrected chi connectivity index (χ2v) is 6.97. The van der Waals surface area contributed by atoms with E-state index in [1.54, 1.807) is 29.1 Å². The summed E-state index contributed by atoms with van der Waals surface area (Å²) < 4.78 is 31.6. The van der Waals surface area contributed by atoms with Gasteiger partial charge in [-0.25, -0.2) is 4.39 Å². The highest BCUT2D eigenvalue weighted by Gasteiger charge is 2.13. The lowest BCUT2D eigenvalue weighted by molar-refractivity contribution is 0.0992. The first kappa shape index (κ1) is 21.2. The number of nitrogens with one attached hydrogen (secondary N) is 1. The summed E-state index contributed by atoms with van der Waals surface area (Å²) in [6, 6.07) is 16.8. The maximum absolute atomic E-state index is 13.3. The Balaban J connectivity index is 1.30. The van der Waals surface area contributed by atoms with E-state index >= 15 is 0 Å². The molecule has 2 aromatic heterocycles. The SMILES string of the molecule is CCOc1ccc(OCc2ccc(C(=O)Nc3cnn(Cc4cccc(F)c4)c3)o2)cc1. The van der Waals surface area contributed by atoms with Crippen molar-refractivity contribution in [2.24, 2.45) is 0 Å². The van der Waals surface area contributed by atoms with Crippen molar-refractivity contribution >= 4 is 11.6 Å². The molecule has 8 heteroatoms. The number of rotatable bonds is 9. The van der Waals surface area contributed by atoms with Crippen LogP contribution in [-0.2, 0) is 13.2 Å². The zero-order valence-corrected chi connectivity index (χ0v) is 17.5. The molecule has 2 aromatic carbocycles. The number of carbonyl (C=O) groups excluding carboxylic acids is 1. The van der Waals surface area contributed by atoms with Crippen molar-refractivity contribution in [3.8, 4) is 11.5 Å². The molecule has 164 valence electrons. The minimum atomic E-state index is -0.400. The number of ether oxygens (including phenoxy) is 2. The lowest BCUT2D eigenvalue weighted by Gasteiger charge is -2.06. The van der Waals surface area contributed by atoms with Gasteiger partial charge in [0, 0.05) is 6.20 Å². The van der Waals surface area contributed by atoms with Crippen LogP contribution in [0.15, 0.2) is 77.5 Å². The molecule has 4 rings (SSSR count). The van der Waals surface area contributed by atoms with Gasteiger partial charge in [-0.2, -0.15) is 5.10 Å². The number of hydrogen-bond acceptors (Lipinski definition) is 5. The van der Waals surface area contributed by atoms with Gasteiger partial charge in [0.05, 0.1) is 25.0 Å². The Labute approximate surface area is 184 Å². The highest BCUT2D eigenvalue weighted by atomic mass is 19.1. The van der Waals surface area contributed by atoms with Crippen molar-refractivity contribution in [1.82, 2.24) is 9.78 Å². The molecule has 2 heterocycles. The van der Waals surface area contributed by atoms with E-state index < -0.39 is 5.91 Å². The highest BCUT2D eigenvalue weighted by molar-refractivity contribution is 6.02. The van der Waals surface area contributed by atoms with Gasteiger partial charge in [-0.05, 0) is 61.0 Å². The molecule has 1 amide bonds. The summed E-state index contributed by atoms with van der Waals surface area (Å²) in [7, 11) is 0. The van der Waals surface area contributed by atoms with E-state index in [9.17, 15) is 9.18 Å². The largest absolute Gasteiger partial charge is 0.494 e. The number of amides is 1. The van der Waals surface area contributed by atoms with Crippen molar-refractivity contribution in [1.29, 1.82) is 0 Å². The average molecular weight is 435 g/mol. The fourth-order valence-electron chi connectivity index (χ4n) is 3.06. The summed E-state index contributed by atoms with van der Waals surface area (Å²) in [6.07, 6.45) is 3.19. The number of anilines is 1. The zero-order chi connectivity index (χ0) is 22.3. The third-order valence-corrected chi connectivity index (χ3v) is 4.53. The molecule has 4 aromatic rings. The second-order valence-electron chi connectivity index (χ2n) is 6.97. The third-order valence-electron chi connectivity index (χ3n) is 4.53. The summed E-state index contributed by atoms with van der Waals surface area (Å²) in [5.74, 6) is 1.42. The molecule has 0 aliphatic rings. The lowest BCUT2D eigenvalue weighted by Crippen LogP contribution is -2.10. The van der Waals surface area contributed by atoms with Crippen molar-refractivity contribution in [3.05, 3.63) is 96.0 Å². The number of furan rings is 1. The number of benzene rings is 2. The van der Waals surface area contributed by atoms with Crippen LogP contribution in [0.4, 0.5) is 10.1 Å². The van der Waals surface area contributed by atoms with Crippen LogP contribution in [0.3, 0.4) is 0 Å². The van der Waals surface area contributed by atoms with Crippen LogP contribution in [0.1, 0.15) is 28.8 Å². The summed E-state index contributed by atoms with van der Waals surface area (Å²) in [5, 5.41) is 6.93. The Bertz CT molecular complexity index is 1180. The van der Waals surface area contributed by atoms with E-state index in [2.05, 4.69) is 10.4 Å². The van der Waals surface area contributed by atoms with Crippen molar-refractivity contribution in [2.45, 2.75) is 20.1 Å². The van der Waals surface area contributed by atoms with E-state index in [-0.39, 0.29) is 18.2 Å². The third kappa shape index (κ3) is 5.54. The average Bonchev–Trinajstić information content (AvgIpc) is 3.43. The van der Waals surface area contributed by atoms with Crippen LogP contribution in [0.2, 0.25) is 0 Å². The fourth-order valence-corrected chi connectivity index (χ4v) is 3.06. The summed E-state index contributed by atoms with van der Waals surface area (Å²) in [5.41, 5.74) is 1.28. The van der Waals surface area contributed by atoms with Crippen LogP contribution in [0.5, 0.6) is 11.5 Å². The van der Waals surface area contributed by atoms with Gasteiger partial charge in [0.25, 0.3) is 5.91 Å². The molecule has 0 unspecified atom stereocenters. The summed E-state index contributed by atoms with van der Waals surface area (Å²) in [6.45, 7) is 3.10. The minimum Gasteiger partial charge on any atom is -0.494 e. The van der Waals surface area contributed by atoms with Gasteiger partial charge in [0.15, 0.2) is 5.76 Å². The van der Waals surface area contributed by atoms with Crippen molar-refractivity contribution in [3.63, 3.8) is 0 Å². The van der Waals surface area contributed by atoms with E-state index in [4.69, 9.17) is 13.9 Å². The number of halogens is 1. The van der Waals surface area contributed by atoms with E-state index in [0.717, 1.165) is 11.3 Å². The Kier molecular flexibility index (Phi) is 6.50. The van der Waals surface area contributed by atoms with Crippen LogP contribution in [-0.4, -0.2) is 22.3 Å². The Morgan fingerprint density at radius 3 is 2.62 bits per heavy atom. The molecule has 0 radical (unpaired) electrons. The molecule has 0 bridgehead atoms. The normalized spacial score (nSPS) is 10.7. The zero-order valence-electron chi connectivity index (χ0n) is 17.5. The molecule has 0 fully saturated rings. The van der Waals surface area contributed by atoms with Crippen LogP contribution >= 0.6 is 0 Å². The number of carbonyl (C=O) groups is 1. The standard InChI is InChI=1S/C24H22FN3O4/c1-2-30-20-6-8-21(9-7-20)31-16-22-10-11-23(32-22)24(29)27-19-13-26-28(15-19)14-17-4-3-5-18(25)12-17/h3-13,15H,2,14,16H2,1H3,(H,27,29). The second kappa shape index (κ2) is 9.82. The van der Waals surface area contributed by atoms with Crippen LogP contribution < -0.4 is 14.8 Å². The maximum atomic E-state index is 13.3. The van der Waals surface area contributed by atoms with Gasteiger partial charge in [-0.3, -0.25) is 9.48 Å². The fraction of sp³-hybridized carbons (Fsp3) is 0.167. The van der Waals surface area contributed by atoms with Crippen molar-refractivity contribution < 1.29 is 23.1 Å². The first-order valence-electron chi connectivity index (χ1n) is 10.1. The number of aromatic nitrogens is 2. The quantitative estimate of drug-likeness (QED) is 0.405. The van der Waals surface area contributed by atoms with E-state index in [1.807, 2.05) is 37.3 Å². The van der Waals surface area contributed by atoms with Gasteiger partial charge in [-0.1, -0.05) is 12.1 Å². The summed E-state index contributed by atoms with van der Waals surface area (Å²) >= 11 is 0. The van der Waals surface area contributed by atoms with Gasteiger partial charge >= 0.3 is 0 Å². The maximum Gasteiger partial charge on any atom is 0.291 e. The first-order chi connectivity index (χ1) is 15.6. The van der Waals surface area contributed by atoms with Gasteiger partial charge in [-0.15, -0.1) is 0 Å². The molecule has 1 N–H and O–H groups in total. The minimum absolute atomic E-state index is 0.160. The molecule has 32 heavy (non-hydrogen) atoms. The van der Waals surface area contributed by atoms with Gasteiger partial charge < -0.3 is 19.2 Å². The van der Waals surface area contributed by atoms with Crippen LogP contribution in [0, 0.1) is 5.82 Å². The predicted octanol–water partition coefficient (Wildman–Crippen LogP) is 4.89. The molecule has 0 aliphatic carbocycles. The Morgan fingerprint density at radius 1 is 1.09 bits per heavy atom. The first-order valence-corrected chi connectivity index (χ1v) is 10.1. The molecule has 7 nitrogen and oxygen atoms in total. The van der Waals surface area contributed by atoms with E-state index in [1.165, 1.54) is 18.3 Å². The highest BCUT2D eigenvalue weighted by Crippen LogP contribution is 2.20. The predicted molar refractivity (Wildman–Crippen MR) is 116 cm³/mol. The lowest BCUT2D eigenvalue weighted by atomic mass is 10.2. The molecule has 0 aliphatic heterocycles. The Hall–Kier alpha value is -4.07. The molecular formula is C24H22FN3O4. The smallest absolute Gasteiger partial charge is 0.291 e. The molecule has 0 atom stereocenters. The van der Waals surface area contributed by atoms with Crippen LogP contribution in [0.25, 0.3) is 0 Å². The monoisotopic (exact) mass is 435 g/mol. The van der Waals surface area contributed by atoms with E-state index in [0.29, 0.717) is 30.3 Å². The molecule has 0 saturated carbocycles. The molecular weight excluding hydrogens is 413 g/mol. The van der Waals surface area contributed by atoms with Crippen molar-refractivity contribution in [2.75, 3.05) is 11.9 Å².